The molecule has 0 atom stereocenters. The number of aromatic amines is 1. The van der Waals surface area contributed by atoms with Crippen molar-refractivity contribution in [3.63, 3.8) is 0 Å². The van der Waals surface area contributed by atoms with Gasteiger partial charge in [-0.1, -0.05) is 6.07 Å². The SMILES string of the molecule is COc1ccc(C)c2c(C#N)c(C(F)(F)F)[nH]c12. The van der Waals surface area contributed by atoms with E-state index >= 15 is 0 Å². The maximum Gasteiger partial charge on any atom is 0.432 e. The fourth-order valence-electron chi connectivity index (χ4n) is 1.94. The predicted molar refractivity (Wildman–Crippen MR) is 59.3 cm³/mol. The van der Waals surface area contributed by atoms with Crippen LogP contribution in [0.25, 0.3) is 10.9 Å². The minimum atomic E-state index is -4.60. The van der Waals surface area contributed by atoms with Gasteiger partial charge in [-0.25, -0.2) is 0 Å². The Bertz CT molecular complexity index is 650. The van der Waals surface area contributed by atoms with Crippen LogP contribution in [0.1, 0.15) is 16.8 Å². The molecule has 1 heterocycles. The smallest absolute Gasteiger partial charge is 0.432 e. The molecule has 6 heteroatoms. The largest absolute Gasteiger partial charge is 0.495 e. The quantitative estimate of drug-likeness (QED) is 0.848. The van der Waals surface area contributed by atoms with Gasteiger partial charge in [0.15, 0.2) is 0 Å². The number of nitrogens with one attached hydrogen (secondary N) is 1. The molecule has 0 saturated carbocycles. The Kier molecular flexibility index (Phi) is 2.70. The first-order valence-corrected chi connectivity index (χ1v) is 5.06. The number of fused-ring (bicyclic) bond motifs is 1. The molecular weight excluding hydrogens is 245 g/mol. The Balaban J connectivity index is 2.94. The van der Waals surface area contributed by atoms with Crippen molar-refractivity contribution < 1.29 is 17.9 Å². The molecule has 0 unspecified atom stereocenters. The number of nitrogens with zero attached hydrogens (tertiary/aromatic N) is 1. The summed E-state index contributed by atoms with van der Waals surface area (Å²) in [6.07, 6.45) is -4.60. The van der Waals surface area contributed by atoms with E-state index < -0.39 is 17.4 Å². The number of methoxy groups -OCH3 is 1. The van der Waals surface area contributed by atoms with Gasteiger partial charge in [-0.15, -0.1) is 0 Å². The molecule has 2 rings (SSSR count). The lowest BCUT2D eigenvalue weighted by molar-refractivity contribution is -0.140. The van der Waals surface area contributed by atoms with Crippen molar-refractivity contribution in [2.45, 2.75) is 13.1 Å². The Morgan fingerprint density at radius 3 is 2.50 bits per heavy atom. The number of aromatic nitrogens is 1. The van der Waals surface area contributed by atoms with Crippen LogP contribution in [0.15, 0.2) is 12.1 Å². The van der Waals surface area contributed by atoms with Gasteiger partial charge in [-0.2, -0.15) is 18.4 Å². The summed E-state index contributed by atoms with van der Waals surface area (Å²) >= 11 is 0. The number of halogens is 3. The molecule has 2 aromatic rings. The molecule has 18 heavy (non-hydrogen) atoms. The van der Waals surface area contributed by atoms with E-state index in [0.29, 0.717) is 5.56 Å². The van der Waals surface area contributed by atoms with E-state index in [4.69, 9.17) is 10.00 Å². The van der Waals surface area contributed by atoms with Crippen LogP contribution in [0.3, 0.4) is 0 Å². The number of nitriles is 1. The number of aryl methyl sites for hydroxylation is 1. The number of H-pyrrole nitrogens is 1. The van der Waals surface area contributed by atoms with E-state index in [-0.39, 0.29) is 16.7 Å². The van der Waals surface area contributed by atoms with Crippen LogP contribution in [0.2, 0.25) is 0 Å². The Hall–Kier alpha value is -2.16. The fraction of sp³-hybridized carbons (Fsp3) is 0.250. The van der Waals surface area contributed by atoms with Gasteiger partial charge in [0.05, 0.1) is 18.2 Å². The highest BCUT2D eigenvalue weighted by molar-refractivity contribution is 5.94. The van der Waals surface area contributed by atoms with Crippen LogP contribution in [0.5, 0.6) is 5.75 Å². The number of ether oxygens (including phenoxy) is 1. The number of alkyl halides is 3. The Labute approximate surface area is 101 Å². The number of hydrogen-bond acceptors (Lipinski definition) is 2. The van der Waals surface area contributed by atoms with Crippen molar-refractivity contribution in [2.75, 3.05) is 7.11 Å². The van der Waals surface area contributed by atoms with Gasteiger partial charge >= 0.3 is 6.18 Å². The molecule has 0 bridgehead atoms. The third kappa shape index (κ3) is 1.68. The maximum absolute atomic E-state index is 12.8. The zero-order valence-electron chi connectivity index (χ0n) is 9.64. The molecule has 0 aliphatic carbocycles. The van der Waals surface area contributed by atoms with E-state index in [1.165, 1.54) is 7.11 Å². The summed E-state index contributed by atoms with van der Waals surface area (Å²) in [5.74, 6) is 0.280. The molecular formula is C12H9F3N2O. The van der Waals surface area contributed by atoms with E-state index in [2.05, 4.69) is 4.98 Å². The highest BCUT2D eigenvalue weighted by Gasteiger charge is 2.37. The van der Waals surface area contributed by atoms with E-state index in [1.807, 2.05) is 0 Å². The molecule has 1 N–H and O–H groups in total. The molecule has 0 aliphatic heterocycles. The molecule has 0 radical (unpaired) electrons. The first-order valence-electron chi connectivity index (χ1n) is 5.06. The third-order valence-electron chi connectivity index (χ3n) is 2.74. The maximum atomic E-state index is 12.8. The molecule has 3 nitrogen and oxygen atoms in total. The van der Waals surface area contributed by atoms with Crippen LogP contribution in [0.4, 0.5) is 13.2 Å². The van der Waals surface area contributed by atoms with Crippen LogP contribution >= 0.6 is 0 Å². The van der Waals surface area contributed by atoms with Gasteiger partial charge in [0.25, 0.3) is 0 Å². The van der Waals surface area contributed by atoms with Gasteiger partial charge in [0.1, 0.15) is 17.5 Å². The average molecular weight is 254 g/mol. The van der Waals surface area contributed by atoms with E-state index in [0.717, 1.165) is 0 Å². The Morgan fingerprint density at radius 2 is 2.00 bits per heavy atom. The molecule has 0 aliphatic rings. The zero-order valence-corrected chi connectivity index (χ0v) is 9.64. The second-order valence-corrected chi connectivity index (χ2v) is 3.82. The third-order valence-corrected chi connectivity index (χ3v) is 2.74. The highest BCUT2D eigenvalue weighted by atomic mass is 19.4. The van der Waals surface area contributed by atoms with Crippen molar-refractivity contribution in [3.8, 4) is 11.8 Å². The van der Waals surface area contributed by atoms with Gasteiger partial charge in [0, 0.05) is 5.39 Å². The van der Waals surface area contributed by atoms with Crippen LogP contribution in [-0.2, 0) is 6.18 Å². The number of rotatable bonds is 1. The topological polar surface area (TPSA) is 48.8 Å². The zero-order chi connectivity index (χ0) is 13.5. The van der Waals surface area contributed by atoms with Crippen molar-refractivity contribution in [3.05, 3.63) is 29.0 Å². The van der Waals surface area contributed by atoms with E-state index in [9.17, 15) is 13.2 Å². The lowest BCUT2D eigenvalue weighted by atomic mass is 10.1. The molecule has 0 amide bonds. The van der Waals surface area contributed by atoms with Crippen molar-refractivity contribution in [1.29, 1.82) is 5.26 Å². The second-order valence-electron chi connectivity index (χ2n) is 3.82. The standard InChI is InChI=1S/C12H9F3N2O/c1-6-3-4-8(18-2)10-9(6)7(5-16)11(17-10)12(13,14)15/h3-4,17H,1-2H3. The summed E-state index contributed by atoms with van der Waals surface area (Å²) in [5, 5.41) is 9.20. The van der Waals surface area contributed by atoms with Gasteiger partial charge in [0.2, 0.25) is 0 Å². The fourth-order valence-corrected chi connectivity index (χ4v) is 1.94. The average Bonchev–Trinajstić information content (AvgIpc) is 2.69. The van der Waals surface area contributed by atoms with Gasteiger partial charge < -0.3 is 9.72 Å². The molecule has 0 saturated heterocycles. The molecule has 1 aromatic heterocycles. The van der Waals surface area contributed by atoms with Crippen LogP contribution in [0, 0.1) is 18.3 Å². The summed E-state index contributed by atoms with van der Waals surface area (Å²) in [6.45, 7) is 1.65. The van der Waals surface area contributed by atoms with Crippen LogP contribution in [-0.4, -0.2) is 12.1 Å². The minimum Gasteiger partial charge on any atom is -0.495 e. The Morgan fingerprint density at radius 1 is 1.33 bits per heavy atom. The van der Waals surface area contributed by atoms with E-state index in [1.54, 1.807) is 25.1 Å². The summed E-state index contributed by atoms with van der Waals surface area (Å²) in [7, 11) is 1.37. The normalized spacial score (nSPS) is 11.6. The first kappa shape index (κ1) is 12.3. The van der Waals surface area contributed by atoms with Crippen molar-refractivity contribution in [1.82, 2.24) is 4.98 Å². The monoisotopic (exact) mass is 254 g/mol. The summed E-state index contributed by atoms with van der Waals surface area (Å²) in [5.41, 5.74) is -0.642. The summed E-state index contributed by atoms with van der Waals surface area (Å²) < 4.78 is 43.5. The molecule has 1 aromatic carbocycles. The van der Waals surface area contributed by atoms with Gasteiger partial charge in [-0.3, -0.25) is 0 Å². The van der Waals surface area contributed by atoms with Gasteiger partial charge in [-0.05, 0) is 18.6 Å². The second kappa shape index (κ2) is 3.95. The molecule has 0 fully saturated rings. The first-order chi connectivity index (χ1) is 8.40. The number of benzene rings is 1. The molecule has 94 valence electrons. The van der Waals surface area contributed by atoms with Crippen LogP contribution < -0.4 is 4.74 Å². The van der Waals surface area contributed by atoms with Crippen molar-refractivity contribution >= 4 is 10.9 Å². The molecule has 0 spiro atoms. The minimum absolute atomic E-state index is 0.196. The summed E-state index contributed by atoms with van der Waals surface area (Å²) in [4.78, 5) is 2.24. The highest BCUT2D eigenvalue weighted by Crippen LogP contribution is 2.39. The predicted octanol–water partition coefficient (Wildman–Crippen LogP) is 3.38. The lowest BCUT2D eigenvalue weighted by Gasteiger charge is -2.03. The van der Waals surface area contributed by atoms with Crippen molar-refractivity contribution in [2.24, 2.45) is 0 Å². The lowest BCUT2D eigenvalue weighted by Crippen LogP contribution is -2.07. The summed E-state index contributed by atoms with van der Waals surface area (Å²) in [6, 6.07) is 4.80. The number of hydrogen-bond donors (Lipinski definition) is 1.